The maximum absolute atomic E-state index is 12.6. The molecule has 1 amide bonds. The zero-order valence-electron chi connectivity index (χ0n) is 16.4. The molecule has 5 heteroatoms. The molecule has 5 nitrogen and oxygen atoms in total. The molecular formula is C23H27N3O2. The fraction of sp³-hybridized carbons (Fsp3) is 0.391. The van der Waals surface area contributed by atoms with Crippen molar-refractivity contribution in [1.29, 1.82) is 0 Å². The molecular weight excluding hydrogens is 350 g/mol. The minimum Gasteiger partial charge on any atom is -0.369 e. The lowest BCUT2D eigenvalue weighted by Gasteiger charge is -2.36. The molecule has 2 heterocycles. The van der Waals surface area contributed by atoms with Crippen molar-refractivity contribution < 1.29 is 9.59 Å². The Hall–Kier alpha value is -2.66. The molecule has 0 bridgehead atoms. The summed E-state index contributed by atoms with van der Waals surface area (Å²) in [5, 5.41) is 2.87. The number of anilines is 2. The Labute approximate surface area is 166 Å². The Balaban J connectivity index is 1.28. The van der Waals surface area contributed by atoms with Crippen LogP contribution in [0.5, 0.6) is 0 Å². The fourth-order valence-electron chi connectivity index (χ4n) is 4.02. The van der Waals surface area contributed by atoms with Crippen molar-refractivity contribution in [3.8, 4) is 0 Å². The number of nitrogens with zero attached hydrogens (tertiary/aromatic N) is 2. The summed E-state index contributed by atoms with van der Waals surface area (Å²) in [7, 11) is 0. The largest absolute Gasteiger partial charge is 0.369 e. The number of ketones is 1. The molecule has 0 atom stereocenters. The number of benzene rings is 2. The van der Waals surface area contributed by atoms with Gasteiger partial charge in [-0.25, -0.2) is 0 Å². The van der Waals surface area contributed by atoms with Crippen molar-refractivity contribution in [2.24, 2.45) is 0 Å². The molecule has 28 heavy (non-hydrogen) atoms. The van der Waals surface area contributed by atoms with Gasteiger partial charge >= 0.3 is 0 Å². The van der Waals surface area contributed by atoms with Crippen LogP contribution in [0.4, 0.5) is 11.4 Å². The molecule has 2 aromatic carbocycles. The van der Waals surface area contributed by atoms with E-state index in [1.807, 2.05) is 18.2 Å². The van der Waals surface area contributed by atoms with E-state index in [-0.39, 0.29) is 11.7 Å². The Bertz CT molecular complexity index is 885. The van der Waals surface area contributed by atoms with Crippen LogP contribution in [0.3, 0.4) is 0 Å². The number of carbonyl (C=O) groups is 2. The average Bonchev–Trinajstić information content (AvgIpc) is 2.72. The number of hydrogen-bond donors (Lipinski definition) is 1. The van der Waals surface area contributed by atoms with Crippen molar-refractivity contribution in [2.45, 2.75) is 26.2 Å². The summed E-state index contributed by atoms with van der Waals surface area (Å²) in [5.41, 5.74) is 5.25. The predicted molar refractivity (Wildman–Crippen MR) is 112 cm³/mol. The van der Waals surface area contributed by atoms with Gasteiger partial charge < -0.3 is 10.2 Å². The molecule has 1 fully saturated rings. The molecule has 1 N–H and O–H groups in total. The first kappa shape index (κ1) is 18.7. The SMILES string of the molecule is Cc1cccc(N2CCN(CCC(=O)c3ccc4c(c3)CCC(=O)N4)CC2)c1. The van der Waals surface area contributed by atoms with Gasteiger partial charge in [0, 0.05) is 62.5 Å². The minimum atomic E-state index is 0.0522. The molecule has 2 aromatic rings. The van der Waals surface area contributed by atoms with Gasteiger partial charge in [0.1, 0.15) is 0 Å². The van der Waals surface area contributed by atoms with E-state index in [0.717, 1.165) is 49.5 Å². The van der Waals surface area contributed by atoms with Crippen molar-refractivity contribution in [1.82, 2.24) is 4.90 Å². The van der Waals surface area contributed by atoms with Gasteiger partial charge in [-0.05, 0) is 54.8 Å². The molecule has 0 aliphatic carbocycles. The van der Waals surface area contributed by atoms with E-state index >= 15 is 0 Å². The van der Waals surface area contributed by atoms with E-state index in [2.05, 4.69) is 46.3 Å². The van der Waals surface area contributed by atoms with Crippen LogP contribution >= 0.6 is 0 Å². The first-order chi connectivity index (χ1) is 13.6. The zero-order valence-corrected chi connectivity index (χ0v) is 16.4. The molecule has 146 valence electrons. The van der Waals surface area contributed by atoms with Crippen LogP contribution in [0.2, 0.25) is 0 Å². The van der Waals surface area contributed by atoms with Gasteiger partial charge in [0.2, 0.25) is 5.91 Å². The van der Waals surface area contributed by atoms with E-state index in [4.69, 9.17) is 0 Å². The lowest BCUT2D eigenvalue weighted by atomic mass is 9.98. The molecule has 2 aliphatic rings. The monoisotopic (exact) mass is 377 g/mol. The first-order valence-electron chi connectivity index (χ1n) is 10.1. The Morgan fingerprint density at radius 1 is 1.04 bits per heavy atom. The topological polar surface area (TPSA) is 52.7 Å². The van der Waals surface area contributed by atoms with Crippen LogP contribution < -0.4 is 10.2 Å². The van der Waals surface area contributed by atoms with Gasteiger partial charge in [-0.1, -0.05) is 12.1 Å². The van der Waals surface area contributed by atoms with Crippen LogP contribution in [0.25, 0.3) is 0 Å². The normalized spacial score (nSPS) is 17.2. The number of hydrogen-bond acceptors (Lipinski definition) is 4. The summed E-state index contributed by atoms with van der Waals surface area (Å²) >= 11 is 0. The second kappa shape index (κ2) is 8.15. The molecule has 0 unspecified atom stereocenters. The van der Waals surface area contributed by atoms with Crippen molar-refractivity contribution >= 4 is 23.1 Å². The summed E-state index contributed by atoms with van der Waals surface area (Å²) in [4.78, 5) is 28.9. The number of aryl methyl sites for hydroxylation is 2. The average molecular weight is 377 g/mol. The van der Waals surface area contributed by atoms with Crippen LogP contribution in [-0.2, 0) is 11.2 Å². The maximum atomic E-state index is 12.6. The van der Waals surface area contributed by atoms with E-state index < -0.39 is 0 Å². The van der Waals surface area contributed by atoms with E-state index in [1.165, 1.54) is 11.3 Å². The van der Waals surface area contributed by atoms with E-state index in [0.29, 0.717) is 19.3 Å². The van der Waals surface area contributed by atoms with Gasteiger partial charge in [0.15, 0.2) is 5.78 Å². The Kier molecular flexibility index (Phi) is 5.44. The number of rotatable bonds is 5. The van der Waals surface area contributed by atoms with Crippen molar-refractivity contribution in [3.63, 3.8) is 0 Å². The molecule has 0 spiro atoms. The van der Waals surface area contributed by atoms with Crippen LogP contribution in [0.15, 0.2) is 42.5 Å². The predicted octanol–water partition coefficient (Wildman–Crippen LogP) is 3.27. The van der Waals surface area contributed by atoms with Gasteiger partial charge in [-0.3, -0.25) is 14.5 Å². The van der Waals surface area contributed by atoms with Crippen LogP contribution in [0, 0.1) is 6.92 Å². The standard InChI is InChI=1S/C23H27N3O2/c1-17-3-2-4-20(15-17)26-13-11-25(12-14-26)10-9-22(27)19-5-7-21-18(16-19)6-8-23(28)24-21/h2-5,7,15-16H,6,8-14H2,1H3,(H,24,28). The number of piperazine rings is 1. The lowest BCUT2D eigenvalue weighted by molar-refractivity contribution is -0.116. The molecule has 0 aromatic heterocycles. The number of Topliss-reactive ketones (excluding diaryl/α,β-unsaturated/α-hetero) is 1. The van der Waals surface area contributed by atoms with Crippen molar-refractivity contribution in [2.75, 3.05) is 42.9 Å². The highest BCUT2D eigenvalue weighted by Gasteiger charge is 2.20. The first-order valence-corrected chi connectivity index (χ1v) is 10.1. The molecule has 0 saturated carbocycles. The Morgan fingerprint density at radius 3 is 2.64 bits per heavy atom. The Morgan fingerprint density at radius 2 is 1.86 bits per heavy atom. The third-order valence-corrected chi connectivity index (χ3v) is 5.72. The van der Waals surface area contributed by atoms with Crippen LogP contribution in [-0.4, -0.2) is 49.3 Å². The summed E-state index contributed by atoms with van der Waals surface area (Å²) in [6.07, 6.45) is 1.74. The summed E-state index contributed by atoms with van der Waals surface area (Å²) in [6.45, 7) is 6.88. The number of fused-ring (bicyclic) bond motifs is 1. The lowest BCUT2D eigenvalue weighted by Crippen LogP contribution is -2.46. The molecule has 2 aliphatic heterocycles. The maximum Gasteiger partial charge on any atom is 0.224 e. The number of carbonyl (C=O) groups excluding carboxylic acids is 2. The molecule has 1 saturated heterocycles. The van der Waals surface area contributed by atoms with E-state index in [1.54, 1.807) is 0 Å². The second-order valence-electron chi connectivity index (χ2n) is 7.76. The number of amides is 1. The van der Waals surface area contributed by atoms with Gasteiger partial charge in [-0.15, -0.1) is 0 Å². The highest BCUT2D eigenvalue weighted by atomic mass is 16.1. The van der Waals surface area contributed by atoms with Gasteiger partial charge in [-0.2, -0.15) is 0 Å². The summed E-state index contributed by atoms with van der Waals surface area (Å²) < 4.78 is 0. The molecule has 0 radical (unpaired) electrons. The van der Waals surface area contributed by atoms with Gasteiger partial charge in [0.05, 0.1) is 0 Å². The second-order valence-corrected chi connectivity index (χ2v) is 7.76. The zero-order chi connectivity index (χ0) is 19.5. The minimum absolute atomic E-state index is 0.0522. The fourth-order valence-corrected chi connectivity index (χ4v) is 4.02. The van der Waals surface area contributed by atoms with Gasteiger partial charge in [0.25, 0.3) is 0 Å². The number of nitrogens with one attached hydrogen (secondary N) is 1. The van der Waals surface area contributed by atoms with E-state index in [9.17, 15) is 9.59 Å². The third kappa shape index (κ3) is 4.25. The summed E-state index contributed by atoms with van der Waals surface area (Å²) in [6, 6.07) is 14.3. The molecule has 4 rings (SSSR count). The smallest absolute Gasteiger partial charge is 0.224 e. The quantitative estimate of drug-likeness (QED) is 0.813. The van der Waals surface area contributed by atoms with Crippen molar-refractivity contribution in [3.05, 3.63) is 59.2 Å². The third-order valence-electron chi connectivity index (χ3n) is 5.72. The highest BCUT2D eigenvalue weighted by Crippen LogP contribution is 2.24. The van der Waals surface area contributed by atoms with Crippen LogP contribution in [0.1, 0.15) is 34.3 Å². The summed E-state index contributed by atoms with van der Waals surface area (Å²) in [5.74, 6) is 0.234. The highest BCUT2D eigenvalue weighted by molar-refractivity contribution is 5.99.